The summed E-state index contributed by atoms with van der Waals surface area (Å²) >= 11 is 0. The van der Waals surface area contributed by atoms with Crippen LogP contribution in [0.4, 0.5) is 0 Å². The first-order valence-corrected chi connectivity index (χ1v) is 4.38. The lowest BCUT2D eigenvalue weighted by molar-refractivity contribution is -0.192. The fourth-order valence-electron chi connectivity index (χ4n) is 1.58. The molecule has 2 aliphatic rings. The molecule has 0 aromatic carbocycles. The van der Waals surface area contributed by atoms with Gasteiger partial charge in [-0.3, -0.25) is 0 Å². The summed E-state index contributed by atoms with van der Waals surface area (Å²) in [4.78, 5) is 0. The number of hydrogen-bond acceptors (Lipinski definition) is 4. The Bertz CT molecular complexity index is 161. The maximum absolute atomic E-state index is 8.88. The van der Waals surface area contributed by atoms with Crippen LogP contribution in [0.25, 0.3) is 0 Å². The molecule has 1 N–H and O–H groups in total. The van der Waals surface area contributed by atoms with E-state index in [9.17, 15) is 0 Å². The van der Waals surface area contributed by atoms with Crippen LogP contribution >= 0.6 is 0 Å². The van der Waals surface area contributed by atoms with Crippen LogP contribution in [-0.4, -0.2) is 42.9 Å². The molecular weight excluding hydrogens is 160 g/mol. The Balaban J connectivity index is 1.87. The fourth-order valence-corrected chi connectivity index (χ4v) is 1.58. The number of hydrogen-bond donors (Lipinski definition) is 1. The topological polar surface area (TPSA) is 51.2 Å². The summed E-state index contributed by atoms with van der Waals surface area (Å²) in [5.74, 6) is 0. The maximum atomic E-state index is 8.88. The Hall–Kier alpha value is -0.160. The summed E-state index contributed by atoms with van der Waals surface area (Å²) in [7, 11) is 0. The van der Waals surface area contributed by atoms with E-state index in [1.807, 2.05) is 6.92 Å². The van der Waals surface area contributed by atoms with E-state index in [1.165, 1.54) is 0 Å². The molecule has 70 valence electrons. The molecule has 2 aliphatic heterocycles. The van der Waals surface area contributed by atoms with Gasteiger partial charge in [-0.15, -0.1) is 0 Å². The fraction of sp³-hybridized carbons (Fsp3) is 1.00. The molecule has 0 aliphatic carbocycles. The molecule has 0 amide bonds. The maximum Gasteiger partial charge on any atom is 0.186 e. The Labute approximate surface area is 71.4 Å². The number of fused-ring (bicyclic) bond motifs is 1. The van der Waals surface area contributed by atoms with Crippen molar-refractivity contribution < 1.29 is 19.3 Å². The van der Waals surface area contributed by atoms with Gasteiger partial charge < -0.3 is 19.3 Å². The van der Waals surface area contributed by atoms with E-state index < -0.39 is 0 Å². The van der Waals surface area contributed by atoms with Gasteiger partial charge in [-0.2, -0.15) is 0 Å². The zero-order valence-corrected chi connectivity index (χ0v) is 7.10. The summed E-state index contributed by atoms with van der Waals surface area (Å²) in [6, 6.07) is 0. The van der Waals surface area contributed by atoms with Crippen molar-refractivity contribution in [3.05, 3.63) is 0 Å². The van der Waals surface area contributed by atoms with E-state index in [-0.39, 0.29) is 31.2 Å². The number of aliphatic hydroxyl groups excluding tert-OH is 1. The van der Waals surface area contributed by atoms with Crippen molar-refractivity contribution in [3.63, 3.8) is 0 Å². The molecule has 0 radical (unpaired) electrons. The average Bonchev–Trinajstić information content (AvgIpc) is 2.83. The molecule has 2 rings (SSSR count). The third-order valence-electron chi connectivity index (χ3n) is 2.25. The number of ether oxygens (including phenoxy) is 3. The third-order valence-corrected chi connectivity index (χ3v) is 2.25. The van der Waals surface area contributed by atoms with Crippen molar-refractivity contribution in [1.82, 2.24) is 0 Å². The quantitative estimate of drug-likeness (QED) is 0.607. The molecule has 0 aromatic rings. The monoisotopic (exact) mass is 174 g/mol. The molecule has 2 fully saturated rings. The van der Waals surface area contributed by atoms with Crippen LogP contribution in [0.3, 0.4) is 0 Å². The van der Waals surface area contributed by atoms with Crippen LogP contribution in [0.15, 0.2) is 0 Å². The minimum absolute atomic E-state index is 0.0517. The number of aliphatic hydroxyl groups is 1. The number of epoxide rings is 1. The Kier molecular flexibility index (Phi) is 2.32. The van der Waals surface area contributed by atoms with Crippen molar-refractivity contribution in [1.29, 1.82) is 0 Å². The van der Waals surface area contributed by atoms with Crippen LogP contribution in [0.5, 0.6) is 0 Å². The lowest BCUT2D eigenvalue weighted by Crippen LogP contribution is -2.37. The van der Waals surface area contributed by atoms with Gasteiger partial charge in [-0.1, -0.05) is 0 Å². The lowest BCUT2D eigenvalue weighted by Gasteiger charge is -2.25. The van der Waals surface area contributed by atoms with Crippen LogP contribution in [0.2, 0.25) is 0 Å². The smallest absolute Gasteiger partial charge is 0.186 e. The Morgan fingerprint density at radius 3 is 3.00 bits per heavy atom. The van der Waals surface area contributed by atoms with Gasteiger partial charge >= 0.3 is 0 Å². The van der Waals surface area contributed by atoms with Gasteiger partial charge in [-0.25, -0.2) is 0 Å². The van der Waals surface area contributed by atoms with E-state index in [0.717, 1.165) is 6.42 Å². The van der Waals surface area contributed by atoms with Crippen LogP contribution in [-0.2, 0) is 14.2 Å². The Morgan fingerprint density at radius 1 is 1.50 bits per heavy atom. The van der Waals surface area contributed by atoms with E-state index in [0.29, 0.717) is 6.61 Å². The van der Waals surface area contributed by atoms with Gasteiger partial charge in [0.2, 0.25) is 0 Å². The third kappa shape index (κ3) is 1.47. The van der Waals surface area contributed by atoms with Gasteiger partial charge in [-0.05, 0) is 6.92 Å². The van der Waals surface area contributed by atoms with Gasteiger partial charge in [0.25, 0.3) is 0 Å². The molecule has 2 heterocycles. The van der Waals surface area contributed by atoms with Crippen LogP contribution in [0, 0.1) is 0 Å². The standard InChI is InChI=1S/C8H14O4/c1-2-10-8-7-6(12-7)3-5(4-9)11-8/h5-9H,2-4H2,1H3. The minimum Gasteiger partial charge on any atom is -0.394 e. The molecule has 4 heteroatoms. The van der Waals surface area contributed by atoms with Gasteiger partial charge in [0.15, 0.2) is 6.29 Å². The average molecular weight is 174 g/mol. The first-order valence-electron chi connectivity index (χ1n) is 4.38. The van der Waals surface area contributed by atoms with Crippen LogP contribution < -0.4 is 0 Å². The summed E-state index contributed by atoms with van der Waals surface area (Å²) < 4.78 is 16.1. The van der Waals surface area contributed by atoms with E-state index in [1.54, 1.807) is 0 Å². The van der Waals surface area contributed by atoms with Crippen molar-refractivity contribution in [2.75, 3.05) is 13.2 Å². The second kappa shape index (κ2) is 3.30. The van der Waals surface area contributed by atoms with Crippen molar-refractivity contribution in [2.24, 2.45) is 0 Å². The first-order chi connectivity index (χ1) is 5.85. The van der Waals surface area contributed by atoms with Crippen molar-refractivity contribution >= 4 is 0 Å². The molecule has 0 aromatic heterocycles. The summed E-state index contributed by atoms with van der Waals surface area (Å²) in [6.07, 6.45) is 0.807. The van der Waals surface area contributed by atoms with E-state index in [4.69, 9.17) is 19.3 Å². The SMILES string of the molecule is CCOC1OC(CO)CC2OC21. The van der Waals surface area contributed by atoms with Gasteiger partial charge in [0.1, 0.15) is 6.10 Å². The van der Waals surface area contributed by atoms with Crippen molar-refractivity contribution in [2.45, 2.75) is 37.9 Å². The van der Waals surface area contributed by atoms with Gasteiger partial charge in [0.05, 0.1) is 18.8 Å². The molecular formula is C8H14O4. The Morgan fingerprint density at radius 2 is 2.33 bits per heavy atom. The molecule has 0 spiro atoms. The predicted molar refractivity (Wildman–Crippen MR) is 40.7 cm³/mol. The van der Waals surface area contributed by atoms with Crippen molar-refractivity contribution in [3.8, 4) is 0 Å². The van der Waals surface area contributed by atoms with Crippen LogP contribution in [0.1, 0.15) is 13.3 Å². The molecule has 0 saturated carbocycles. The highest BCUT2D eigenvalue weighted by Crippen LogP contribution is 2.37. The molecule has 12 heavy (non-hydrogen) atoms. The minimum atomic E-state index is -0.258. The zero-order valence-electron chi connectivity index (χ0n) is 7.10. The lowest BCUT2D eigenvalue weighted by atomic mass is 10.1. The highest BCUT2D eigenvalue weighted by molar-refractivity contribution is 4.94. The van der Waals surface area contributed by atoms with Gasteiger partial charge in [0, 0.05) is 13.0 Å². The highest BCUT2D eigenvalue weighted by atomic mass is 16.7. The number of rotatable bonds is 3. The molecule has 2 saturated heterocycles. The molecule has 4 atom stereocenters. The first kappa shape index (κ1) is 8.44. The zero-order chi connectivity index (χ0) is 8.55. The predicted octanol–water partition coefficient (Wildman–Crippen LogP) is -0.102. The summed E-state index contributed by atoms with van der Waals surface area (Å²) in [5.41, 5.74) is 0. The molecule has 4 nitrogen and oxygen atoms in total. The van der Waals surface area contributed by atoms with E-state index >= 15 is 0 Å². The second-order valence-electron chi connectivity index (χ2n) is 3.14. The second-order valence-corrected chi connectivity index (χ2v) is 3.14. The molecule has 0 bridgehead atoms. The highest BCUT2D eigenvalue weighted by Gasteiger charge is 2.51. The summed E-state index contributed by atoms with van der Waals surface area (Å²) in [5, 5.41) is 8.88. The summed E-state index contributed by atoms with van der Waals surface area (Å²) in [6.45, 7) is 2.59. The normalized spacial score (nSPS) is 45.5. The van der Waals surface area contributed by atoms with E-state index in [2.05, 4.69) is 0 Å². The largest absolute Gasteiger partial charge is 0.394 e. The molecule has 4 unspecified atom stereocenters.